The summed E-state index contributed by atoms with van der Waals surface area (Å²) in [6, 6.07) is 13.6. The number of fused-ring (bicyclic) bond motifs is 3. The zero-order chi connectivity index (χ0) is 33.7. The van der Waals surface area contributed by atoms with E-state index in [2.05, 4.69) is 131 Å². The topological polar surface area (TPSA) is 0 Å². The van der Waals surface area contributed by atoms with Crippen LogP contribution in [-0.2, 0) is 6.42 Å². The van der Waals surface area contributed by atoms with Crippen LogP contribution >= 0.6 is 0 Å². The molecule has 4 aliphatic carbocycles. The lowest BCUT2D eigenvalue weighted by Gasteiger charge is -2.67. The van der Waals surface area contributed by atoms with Crippen molar-refractivity contribution < 1.29 is 0 Å². The Labute approximate surface area is 279 Å². The van der Waals surface area contributed by atoms with Crippen molar-refractivity contribution >= 4 is 16.7 Å². The lowest BCUT2D eigenvalue weighted by Crippen LogP contribution is -2.58. The van der Waals surface area contributed by atoms with Gasteiger partial charge >= 0.3 is 0 Å². The quantitative estimate of drug-likeness (QED) is 0.318. The molecule has 0 heterocycles. The number of rotatable bonds is 5. The van der Waals surface area contributed by atoms with Crippen LogP contribution in [0.25, 0.3) is 16.7 Å². The lowest BCUT2D eigenvalue weighted by atomic mass is 9.37. The molecule has 238 valence electrons. The van der Waals surface area contributed by atoms with E-state index in [-0.39, 0.29) is 16.2 Å². The molecule has 0 saturated heterocycles. The summed E-state index contributed by atoms with van der Waals surface area (Å²) in [7, 11) is 0. The SMILES string of the molecule is C=C(C)C1=C(C)C[C@@]2(C)[C@H](C)[C@]3(C)C(=C(C)[C@@]2(C)C1=C)C(=C)c1c(ccc(CC2=CC(c4cccc(C(=C)C)c4)=CC2)c1C)[C@H]3C. The van der Waals surface area contributed by atoms with Crippen LogP contribution in [0.5, 0.6) is 0 Å². The van der Waals surface area contributed by atoms with E-state index in [1.54, 1.807) is 0 Å². The van der Waals surface area contributed by atoms with Crippen molar-refractivity contribution in [1.29, 1.82) is 0 Å². The summed E-state index contributed by atoms with van der Waals surface area (Å²) < 4.78 is 0. The van der Waals surface area contributed by atoms with Gasteiger partial charge in [0.1, 0.15) is 0 Å². The van der Waals surface area contributed by atoms with E-state index in [1.807, 2.05) is 0 Å². The van der Waals surface area contributed by atoms with Gasteiger partial charge in [-0.05, 0) is 138 Å². The van der Waals surface area contributed by atoms with E-state index in [0.717, 1.165) is 30.4 Å². The first-order chi connectivity index (χ1) is 21.5. The Kier molecular flexibility index (Phi) is 7.51. The predicted octanol–water partition coefficient (Wildman–Crippen LogP) is 13.0. The molecule has 2 aromatic rings. The van der Waals surface area contributed by atoms with Gasteiger partial charge in [-0.2, -0.15) is 0 Å². The molecule has 0 aromatic heterocycles. The van der Waals surface area contributed by atoms with Crippen molar-refractivity contribution in [3.05, 3.63) is 147 Å². The smallest absolute Gasteiger partial charge is 0.0196 e. The van der Waals surface area contributed by atoms with E-state index in [1.165, 1.54) is 78.0 Å². The Bertz CT molecular complexity index is 1890. The minimum Gasteiger partial charge on any atom is -0.0955 e. The number of benzene rings is 2. The van der Waals surface area contributed by atoms with Crippen LogP contribution < -0.4 is 0 Å². The second-order valence-electron chi connectivity index (χ2n) is 15.9. The van der Waals surface area contributed by atoms with Crippen molar-refractivity contribution in [3.63, 3.8) is 0 Å². The van der Waals surface area contributed by atoms with Gasteiger partial charge in [-0.15, -0.1) is 0 Å². The molecule has 6 rings (SSSR count). The summed E-state index contributed by atoms with van der Waals surface area (Å²) in [6.45, 7) is 42.2. The summed E-state index contributed by atoms with van der Waals surface area (Å²) >= 11 is 0. The molecule has 0 heteroatoms. The molecule has 0 spiro atoms. The van der Waals surface area contributed by atoms with Crippen LogP contribution in [0.15, 0.2) is 114 Å². The van der Waals surface area contributed by atoms with Gasteiger partial charge in [-0.3, -0.25) is 0 Å². The molecule has 0 aliphatic heterocycles. The fourth-order valence-corrected chi connectivity index (χ4v) is 10.5. The normalized spacial score (nSPS) is 30.5. The molecule has 2 aromatic carbocycles. The third-order valence-corrected chi connectivity index (χ3v) is 13.7. The van der Waals surface area contributed by atoms with Crippen molar-refractivity contribution in [1.82, 2.24) is 0 Å². The van der Waals surface area contributed by atoms with Gasteiger partial charge in [0.15, 0.2) is 0 Å². The Hall–Kier alpha value is -3.64. The van der Waals surface area contributed by atoms with E-state index in [0.29, 0.717) is 11.8 Å². The van der Waals surface area contributed by atoms with Crippen molar-refractivity contribution in [2.45, 2.75) is 94.4 Å². The molecule has 46 heavy (non-hydrogen) atoms. The second kappa shape index (κ2) is 10.7. The summed E-state index contributed by atoms with van der Waals surface area (Å²) in [5.41, 5.74) is 21.2. The maximum absolute atomic E-state index is 4.95. The van der Waals surface area contributed by atoms with Crippen LogP contribution in [0.1, 0.15) is 114 Å². The molecule has 0 nitrogen and oxygen atoms in total. The van der Waals surface area contributed by atoms with Crippen LogP contribution in [0, 0.1) is 29.1 Å². The predicted molar refractivity (Wildman–Crippen MR) is 202 cm³/mol. The first kappa shape index (κ1) is 32.3. The summed E-state index contributed by atoms with van der Waals surface area (Å²) in [6.07, 6.45) is 7.82. The molecule has 0 unspecified atom stereocenters. The monoisotopic (exact) mass is 606 g/mol. The van der Waals surface area contributed by atoms with Crippen LogP contribution in [0.4, 0.5) is 0 Å². The minimum atomic E-state index is -0.168. The molecule has 0 amide bonds. The highest BCUT2D eigenvalue weighted by molar-refractivity contribution is 5.88. The number of allylic oxidation sites excluding steroid dienone is 12. The highest BCUT2D eigenvalue weighted by Crippen LogP contribution is 2.74. The van der Waals surface area contributed by atoms with E-state index >= 15 is 0 Å². The highest BCUT2D eigenvalue weighted by Gasteiger charge is 2.64. The van der Waals surface area contributed by atoms with Gasteiger partial charge in [0, 0.05) is 10.8 Å². The van der Waals surface area contributed by atoms with Gasteiger partial charge < -0.3 is 0 Å². The Morgan fingerprint density at radius 1 is 0.935 bits per heavy atom. The van der Waals surface area contributed by atoms with Gasteiger partial charge in [-0.25, -0.2) is 0 Å². The third kappa shape index (κ3) is 4.18. The molecule has 0 fully saturated rings. The molecule has 0 radical (unpaired) electrons. The van der Waals surface area contributed by atoms with E-state index < -0.39 is 0 Å². The molecule has 4 aliphatic rings. The summed E-state index contributed by atoms with van der Waals surface area (Å²) in [4.78, 5) is 0. The zero-order valence-electron chi connectivity index (χ0n) is 30.2. The van der Waals surface area contributed by atoms with Gasteiger partial charge in [-0.1, -0.05) is 131 Å². The molecule has 0 N–H and O–H groups in total. The molecule has 5 atom stereocenters. The standard InChI is InChI=1S/C46H54/c1-26(2)36-16-15-17-38(24-36)39-19-18-35(23-39)22-37-20-21-40-31(8)45(13)34(11)44(12)25-28(5)41(27(3)4)32(9)46(44,14)33(10)43(45)30(7)42(40)29(37)6/h15-17,19-21,23-24,31,34H,1,3,7,9,18,22,25H2,2,4-6,8,10-14H3/t31-,34+,44+,45-,46-/m1/s1. The number of hydrogen-bond acceptors (Lipinski definition) is 0. The van der Waals surface area contributed by atoms with Crippen molar-refractivity contribution in [2.24, 2.45) is 22.2 Å². The molecule has 0 bridgehead atoms. The Morgan fingerprint density at radius 2 is 1.63 bits per heavy atom. The summed E-state index contributed by atoms with van der Waals surface area (Å²) in [5, 5.41) is 0. The minimum absolute atomic E-state index is 0.0250. The average molecular weight is 607 g/mol. The second-order valence-corrected chi connectivity index (χ2v) is 15.9. The zero-order valence-corrected chi connectivity index (χ0v) is 30.2. The maximum atomic E-state index is 4.95. The maximum Gasteiger partial charge on any atom is 0.0196 e. The van der Waals surface area contributed by atoms with Gasteiger partial charge in [0.2, 0.25) is 0 Å². The lowest BCUT2D eigenvalue weighted by molar-refractivity contribution is -0.0260. The average Bonchev–Trinajstić information content (AvgIpc) is 3.47. The molecule has 0 saturated carbocycles. The van der Waals surface area contributed by atoms with Crippen molar-refractivity contribution in [3.8, 4) is 0 Å². The Balaban J connectivity index is 1.43. The van der Waals surface area contributed by atoms with Crippen LogP contribution in [-0.4, -0.2) is 0 Å². The molecular formula is C46H54. The first-order valence-corrected chi connectivity index (χ1v) is 17.2. The molecular weight excluding hydrogens is 553 g/mol. The summed E-state index contributed by atoms with van der Waals surface area (Å²) in [5.74, 6) is 0.806. The Morgan fingerprint density at radius 3 is 2.28 bits per heavy atom. The van der Waals surface area contributed by atoms with Crippen LogP contribution in [0.3, 0.4) is 0 Å². The van der Waals surface area contributed by atoms with Gasteiger partial charge in [0.25, 0.3) is 0 Å². The van der Waals surface area contributed by atoms with E-state index in [4.69, 9.17) is 13.2 Å². The fraction of sp³-hybridized carbons (Fsp3) is 0.391. The van der Waals surface area contributed by atoms with Crippen molar-refractivity contribution in [2.75, 3.05) is 0 Å². The van der Waals surface area contributed by atoms with Crippen LogP contribution in [0.2, 0.25) is 0 Å². The van der Waals surface area contributed by atoms with E-state index in [9.17, 15) is 0 Å². The van der Waals surface area contributed by atoms with Gasteiger partial charge in [0.05, 0.1) is 0 Å². The largest absolute Gasteiger partial charge is 0.0955 e. The fourth-order valence-electron chi connectivity index (χ4n) is 10.5. The number of hydrogen-bond donors (Lipinski definition) is 0. The third-order valence-electron chi connectivity index (χ3n) is 13.7. The first-order valence-electron chi connectivity index (χ1n) is 17.2. The highest BCUT2D eigenvalue weighted by atomic mass is 14.7.